The van der Waals surface area contributed by atoms with Crippen LogP contribution in [0.25, 0.3) is 11.1 Å². The second kappa shape index (κ2) is 7.40. The predicted octanol–water partition coefficient (Wildman–Crippen LogP) is 6.03. The first-order chi connectivity index (χ1) is 11.6. The summed E-state index contributed by atoms with van der Waals surface area (Å²) >= 11 is 0. The lowest BCUT2D eigenvalue weighted by atomic mass is 9.81. The van der Waals surface area contributed by atoms with E-state index >= 15 is 0 Å². The molecular formula is C23H29N2. The van der Waals surface area contributed by atoms with Gasteiger partial charge >= 0.3 is 0 Å². The highest BCUT2D eigenvalue weighted by Gasteiger charge is 2.24. The Bertz CT molecular complexity index is 785. The molecule has 0 fully saturated rings. The Morgan fingerprint density at radius 1 is 1.12 bits per heavy atom. The molecule has 0 aliphatic carbocycles. The monoisotopic (exact) mass is 333 g/mol. The van der Waals surface area contributed by atoms with Crippen molar-refractivity contribution in [3.05, 3.63) is 58.8 Å². The van der Waals surface area contributed by atoms with Gasteiger partial charge in [0, 0.05) is 11.3 Å². The van der Waals surface area contributed by atoms with Crippen LogP contribution < -0.4 is 0 Å². The molecule has 1 heterocycles. The molecule has 2 aromatic rings. The van der Waals surface area contributed by atoms with Crippen LogP contribution in [0.4, 0.5) is 0 Å². The molecule has 0 unspecified atom stereocenters. The van der Waals surface area contributed by atoms with Gasteiger partial charge in [-0.2, -0.15) is 5.26 Å². The zero-order valence-electron chi connectivity index (χ0n) is 16.6. The van der Waals surface area contributed by atoms with Crippen molar-refractivity contribution in [3.8, 4) is 17.2 Å². The van der Waals surface area contributed by atoms with Crippen LogP contribution in [0, 0.1) is 42.9 Å². The molecule has 0 bridgehead atoms. The molecule has 2 rings (SSSR count). The summed E-state index contributed by atoms with van der Waals surface area (Å²) in [6.07, 6.45) is 3.18. The third-order valence-electron chi connectivity index (χ3n) is 4.13. The molecule has 1 aromatic heterocycles. The highest BCUT2D eigenvalue weighted by Crippen LogP contribution is 2.37. The number of benzene rings is 1. The SMILES string of the molecule is Cc1ccc(-c2c(C#N)c(C)nc(CC(C)C)c2[CH]C(C)(C)C)cc1. The smallest absolute Gasteiger partial charge is 0.102 e. The second-order valence-corrected chi connectivity index (χ2v) is 8.39. The molecule has 131 valence electrons. The Hall–Kier alpha value is -2.14. The molecular weight excluding hydrogens is 304 g/mol. The number of hydrogen-bond donors (Lipinski definition) is 0. The van der Waals surface area contributed by atoms with E-state index in [9.17, 15) is 5.26 Å². The highest BCUT2D eigenvalue weighted by molar-refractivity contribution is 5.77. The fourth-order valence-electron chi connectivity index (χ4n) is 3.07. The number of aromatic nitrogens is 1. The van der Waals surface area contributed by atoms with Gasteiger partial charge in [-0.05, 0) is 49.1 Å². The minimum Gasteiger partial charge on any atom is -0.256 e. The maximum absolute atomic E-state index is 9.81. The lowest BCUT2D eigenvalue weighted by Gasteiger charge is -2.24. The lowest BCUT2D eigenvalue weighted by molar-refractivity contribution is 0.502. The molecule has 0 saturated heterocycles. The van der Waals surface area contributed by atoms with Gasteiger partial charge in [-0.15, -0.1) is 0 Å². The molecule has 0 spiro atoms. The Morgan fingerprint density at radius 3 is 2.20 bits per heavy atom. The van der Waals surface area contributed by atoms with Gasteiger partial charge in [-0.3, -0.25) is 4.98 Å². The molecule has 0 N–H and O–H groups in total. The standard InChI is InChI=1S/C23H29N2/c1-15(2)12-21-19(13-23(5,6)7)22(20(14-24)17(4)25-21)18-10-8-16(3)9-11-18/h8-11,13,15H,12H2,1-7H3. The second-order valence-electron chi connectivity index (χ2n) is 8.39. The average Bonchev–Trinajstić information content (AvgIpc) is 2.48. The molecule has 0 atom stereocenters. The van der Waals surface area contributed by atoms with Gasteiger partial charge in [0.05, 0.1) is 11.3 Å². The van der Waals surface area contributed by atoms with Crippen molar-refractivity contribution in [3.63, 3.8) is 0 Å². The summed E-state index contributed by atoms with van der Waals surface area (Å²) < 4.78 is 0. The number of nitrogens with zero attached hydrogens (tertiary/aromatic N) is 2. The largest absolute Gasteiger partial charge is 0.256 e. The summed E-state index contributed by atoms with van der Waals surface area (Å²) in [7, 11) is 0. The van der Waals surface area contributed by atoms with Crippen LogP contribution in [0.2, 0.25) is 0 Å². The molecule has 0 aliphatic rings. The number of nitriles is 1. The number of hydrogen-bond acceptors (Lipinski definition) is 2. The Kier molecular flexibility index (Phi) is 5.68. The number of rotatable bonds is 4. The lowest BCUT2D eigenvalue weighted by Crippen LogP contribution is -2.14. The minimum atomic E-state index is 0.00877. The fourth-order valence-corrected chi connectivity index (χ4v) is 3.07. The van der Waals surface area contributed by atoms with Crippen molar-refractivity contribution < 1.29 is 0 Å². The topological polar surface area (TPSA) is 36.7 Å². The molecule has 2 heteroatoms. The molecule has 25 heavy (non-hydrogen) atoms. The van der Waals surface area contributed by atoms with Crippen molar-refractivity contribution in [2.24, 2.45) is 11.3 Å². The van der Waals surface area contributed by atoms with Crippen LogP contribution in [0.1, 0.15) is 62.7 Å². The van der Waals surface area contributed by atoms with E-state index in [1.807, 2.05) is 6.92 Å². The van der Waals surface area contributed by atoms with Crippen molar-refractivity contribution in [2.75, 3.05) is 0 Å². The van der Waals surface area contributed by atoms with Crippen LogP contribution in [-0.2, 0) is 6.42 Å². The Morgan fingerprint density at radius 2 is 1.72 bits per heavy atom. The van der Waals surface area contributed by atoms with Crippen LogP contribution in [0.3, 0.4) is 0 Å². The third-order valence-corrected chi connectivity index (χ3v) is 4.13. The van der Waals surface area contributed by atoms with Gasteiger partial charge in [0.25, 0.3) is 0 Å². The van der Waals surface area contributed by atoms with Gasteiger partial charge < -0.3 is 0 Å². The van der Waals surface area contributed by atoms with E-state index in [1.54, 1.807) is 0 Å². The normalized spacial score (nSPS) is 11.6. The quantitative estimate of drug-likeness (QED) is 0.684. The summed E-state index contributed by atoms with van der Waals surface area (Å²) in [5.74, 6) is 0.512. The predicted molar refractivity (Wildman–Crippen MR) is 105 cm³/mol. The first-order valence-electron chi connectivity index (χ1n) is 8.99. The Labute approximate surface area is 152 Å². The first kappa shape index (κ1) is 19.2. The van der Waals surface area contributed by atoms with Gasteiger partial charge in [0.2, 0.25) is 0 Å². The van der Waals surface area contributed by atoms with Gasteiger partial charge in [-0.25, -0.2) is 0 Å². The number of pyridine rings is 1. The van der Waals surface area contributed by atoms with E-state index in [4.69, 9.17) is 4.98 Å². The van der Waals surface area contributed by atoms with Crippen LogP contribution in [0.15, 0.2) is 24.3 Å². The maximum Gasteiger partial charge on any atom is 0.102 e. The summed E-state index contributed by atoms with van der Waals surface area (Å²) in [5.41, 5.74) is 7.07. The Balaban J connectivity index is 2.81. The van der Waals surface area contributed by atoms with Gasteiger partial charge in [0.1, 0.15) is 6.07 Å². The summed E-state index contributed by atoms with van der Waals surface area (Å²) in [5, 5.41) is 9.81. The summed E-state index contributed by atoms with van der Waals surface area (Å²) in [6, 6.07) is 10.8. The van der Waals surface area contributed by atoms with Gasteiger partial charge in [-0.1, -0.05) is 64.4 Å². The minimum absolute atomic E-state index is 0.00877. The van der Waals surface area contributed by atoms with E-state index < -0.39 is 0 Å². The van der Waals surface area contributed by atoms with Crippen molar-refractivity contribution in [1.29, 1.82) is 5.26 Å². The highest BCUT2D eigenvalue weighted by atomic mass is 14.7. The molecule has 2 nitrogen and oxygen atoms in total. The van der Waals surface area contributed by atoms with Crippen molar-refractivity contribution in [2.45, 2.75) is 54.9 Å². The van der Waals surface area contributed by atoms with Crippen LogP contribution in [0.5, 0.6) is 0 Å². The van der Waals surface area contributed by atoms with E-state index in [1.165, 1.54) is 5.56 Å². The first-order valence-corrected chi connectivity index (χ1v) is 8.99. The van der Waals surface area contributed by atoms with Crippen LogP contribution in [-0.4, -0.2) is 4.98 Å². The zero-order chi connectivity index (χ0) is 18.8. The molecule has 1 radical (unpaired) electrons. The van der Waals surface area contributed by atoms with Crippen LogP contribution >= 0.6 is 0 Å². The van der Waals surface area contributed by atoms with Crippen molar-refractivity contribution >= 4 is 0 Å². The third kappa shape index (κ3) is 4.69. The van der Waals surface area contributed by atoms with E-state index in [-0.39, 0.29) is 5.41 Å². The maximum atomic E-state index is 9.81. The number of aryl methyl sites for hydroxylation is 2. The molecule has 0 amide bonds. The van der Waals surface area contributed by atoms with E-state index in [2.05, 4.69) is 78.3 Å². The molecule has 0 saturated carbocycles. The summed E-state index contributed by atoms with van der Waals surface area (Å²) in [4.78, 5) is 4.82. The summed E-state index contributed by atoms with van der Waals surface area (Å²) in [6.45, 7) is 15.0. The van der Waals surface area contributed by atoms with E-state index in [0.29, 0.717) is 11.5 Å². The van der Waals surface area contributed by atoms with Crippen molar-refractivity contribution in [1.82, 2.24) is 4.98 Å². The molecule has 0 aliphatic heterocycles. The van der Waals surface area contributed by atoms with Gasteiger partial charge in [0.15, 0.2) is 0 Å². The average molecular weight is 333 g/mol. The zero-order valence-corrected chi connectivity index (χ0v) is 16.6. The molecule has 1 aromatic carbocycles. The fraction of sp³-hybridized carbons (Fsp3) is 0.435. The van der Waals surface area contributed by atoms with E-state index in [0.717, 1.165) is 34.5 Å².